The van der Waals surface area contributed by atoms with Crippen LogP contribution in [0.5, 0.6) is 0 Å². The minimum Gasteiger partial charge on any atom is -0.318 e. The maximum Gasteiger partial charge on any atom is 0.271 e. The summed E-state index contributed by atoms with van der Waals surface area (Å²) in [6.07, 6.45) is 1.58. The second-order valence-electron chi connectivity index (χ2n) is 6.14. The Morgan fingerprint density at radius 2 is 1.79 bits per heavy atom. The van der Waals surface area contributed by atoms with Crippen molar-refractivity contribution in [2.75, 3.05) is 0 Å². The lowest BCUT2D eigenvalue weighted by Crippen LogP contribution is -2.17. The number of nitro groups is 1. The van der Waals surface area contributed by atoms with Crippen molar-refractivity contribution >= 4 is 33.7 Å². The Bertz CT molecular complexity index is 1050. The molecule has 0 aliphatic heterocycles. The van der Waals surface area contributed by atoms with E-state index in [9.17, 15) is 14.9 Å². The summed E-state index contributed by atoms with van der Waals surface area (Å²) in [5.41, 5.74) is 6.62. The van der Waals surface area contributed by atoms with Gasteiger partial charge in [0, 0.05) is 44.8 Å². The first-order valence-corrected chi connectivity index (χ1v) is 9.19. The number of hydrogen-bond donors (Lipinski definition) is 1. The molecule has 0 radical (unpaired) electrons. The molecule has 0 saturated carbocycles. The van der Waals surface area contributed by atoms with Crippen LogP contribution in [-0.4, -0.2) is 21.6 Å². The molecular weight excluding hydrogens is 424 g/mol. The summed E-state index contributed by atoms with van der Waals surface area (Å²) in [5.74, 6) is -0.437. The minimum absolute atomic E-state index is 0.0690. The van der Waals surface area contributed by atoms with Gasteiger partial charge >= 0.3 is 0 Å². The Morgan fingerprint density at radius 3 is 2.39 bits per heavy atom. The summed E-state index contributed by atoms with van der Waals surface area (Å²) < 4.78 is 3.11. The predicted molar refractivity (Wildman–Crippen MR) is 111 cm³/mol. The van der Waals surface area contributed by atoms with Crippen LogP contribution in [0.25, 0.3) is 5.69 Å². The van der Waals surface area contributed by atoms with Crippen LogP contribution in [0.1, 0.15) is 27.3 Å². The molecule has 8 heteroatoms. The van der Waals surface area contributed by atoms with Crippen molar-refractivity contribution in [2.45, 2.75) is 13.8 Å². The van der Waals surface area contributed by atoms with E-state index in [4.69, 9.17) is 0 Å². The van der Waals surface area contributed by atoms with E-state index < -0.39 is 10.8 Å². The Balaban J connectivity index is 1.74. The summed E-state index contributed by atoms with van der Waals surface area (Å²) >= 11 is 3.43. The van der Waals surface area contributed by atoms with Crippen LogP contribution in [0, 0.1) is 24.0 Å². The molecule has 2 aromatic carbocycles. The van der Waals surface area contributed by atoms with E-state index in [1.807, 2.05) is 44.2 Å². The van der Waals surface area contributed by atoms with Crippen molar-refractivity contribution in [3.05, 3.63) is 91.7 Å². The third-order valence-electron chi connectivity index (χ3n) is 4.27. The van der Waals surface area contributed by atoms with E-state index >= 15 is 0 Å². The van der Waals surface area contributed by atoms with Gasteiger partial charge in [0.25, 0.3) is 11.6 Å². The molecule has 1 amide bonds. The zero-order chi connectivity index (χ0) is 20.3. The fourth-order valence-electron chi connectivity index (χ4n) is 2.87. The summed E-state index contributed by atoms with van der Waals surface area (Å²) in [7, 11) is 0. The van der Waals surface area contributed by atoms with E-state index in [-0.39, 0.29) is 5.69 Å². The Kier molecular flexibility index (Phi) is 5.70. The number of aryl methyl sites for hydroxylation is 1. The fourth-order valence-corrected chi connectivity index (χ4v) is 3.13. The highest BCUT2D eigenvalue weighted by Gasteiger charge is 2.11. The van der Waals surface area contributed by atoms with Crippen molar-refractivity contribution in [3.63, 3.8) is 0 Å². The van der Waals surface area contributed by atoms with Crippen molar-refractivity contribution in [1.82, 2.24) is 9.99 Å². The number of carbonyl (C=O) groups is 1. The number of benzene rings is 2. The van der Waals surface area contributed by atoms with Gasteiger partial charge in [-0.05, 0) is 56.3 Å². The molecule has 3 aromatic rings. The lowest BCUT2D eigenvalue weighted by atomic mass is 10.2. The summed E-state index contributed by atoms with van der Waals surface area (Å²) in [5, 5.41) is 14.7. The molecule has 1 heterocycles. The smallest absolute Gasteiger partial charge is 0.271 e. The first kappa shape index (κ1) is 19.5. The maximum absolute atomic E-state index is 12.1. The molecule has 0 saturated heterocycles. The van der Waals surface area contributed by atoms with Gasteiger partial charge in [0.15, 0.2) is 0 Å². The van der Waals surface area contributed by atoms with Gasteiger partial charge in [-0.3, -0.25) is 14.9 Å². The number of halogens is 1. The van der Waals surface area contributed by atoms with Gasteiger partial charge < -0.3 is 4.57 Å². The molecule has 0 atom stereocenters. The highest BCUT2D eigenvalue weighted by atomic mass is 79.9. The highest BCUT2D eigenvalue weighted by Crippen LogP contribution is 2.21. The van der Waals surface area contributed by atoms with E-state index in [2.05, 4.69) is 31.0 Å². The molecule has 0 unspecified atom stereocenters. The van der Waals surface area contributed by atoms with Crippen molar-refractivity contribution < 1.29 is 9.72 Å². The third kappa shape index (κ3) is 4.17. The monoisotopic (exact) mass is 440 g/mol. The number of hydrazone groups is 1. The number of rotatable bonds is 5. The summed E-state index contributed by atoms with van der Waals surface area (Å²) in [6.45, 7) is 3.98. The quantitative estimate of drug-likeness (QED) is 0.359. The molecule has 0 aliphatic rings. The van der Waals surface area contributed by atoms with Gasteiger partial charge in [0.05, 0.1) is 11.1 Å². The van der Waals surface area contributed by atoms with Gasteiger partial charge in [-0.1, -0.05) is 15.9 Å². The predicted octanol–water partition coefficient (Wildman–Crippen LogP) is 4.53. The summed E-state index contributed by atoms with van der Waals surface area (Å²) in [6, 6.07) is 15.3. The molecule has 0 bridgehead atoms. The number of nitro benzene ring substituents is 1. The van der Waals surface area contributed by atoms with Crippen molar-refractivity contribution in [1.29, 1.82) is 0 Å². The molecule has 142 valence electrons. The maximum atomic E-state index is 12.1. The SMILES string of the molecule is Cc1cc(/C=N\NC(=O)c2ccc([N+](=O)[O-])cc2)c(C)n1-c1ccc(Br)cc1. The second-order valence-corrected chi connectivity index (χ2v) is 7.06. The van der Waals surface area contributed by atoms with Crippen LogP contribution < -0.4 is 5.43 Å². The molecule has 1 aromatic heterocycles. The number of carbonyl (C=O) groups excluding carboxylic acids is 1. The molecule has 28 heavy (non-hydrogen) atoms. The van der Waals surface area contributed by atoms with Gasteiger partial charge in [-0.2, -0.15) is 5.10 Å². The van der Waals surface area contributed by atoms with Crippen LogP contribution in [0.3, 0.4) is 0 Å². The Hall–Kier alpha value is -3.26. The molecule has 0 aliphatic carbocycles. The zero-order valence-corrected chi connectivity index (χ0v) is 16.8. The molecule has 0 fully saturated rings. The zero-order valence-electron chi connectivity index (χ0n) is 15.2. The number of nitrogens with one attached hydrogen (secondary N) is 1. The van der Waals surface area contributed by atoms with Gasteiger partial charge in [-0.25, -0.2) is 5.43 Å². The van der Waals surface area contributed by atoms with E-state index in [1.165, 1.54) is 24.3 Å². The second kappa shape index (κ2) is 8.18. The first-order chi connectivity index (χ1) is 13.4. The van der Waals surface area contributed by atoms with Crippen LogP contribution in [-0.2, 0) is 0 Å². The number of aromatic nitrogens is 1. The minimum atomic E-state index is -0.513. The number of nitrogens with zero attached hydrogens (tertiary/aromatic N) is 3. The average molecular weight is 441 g/mol. The van der Waals surface area contributed by atoms with E-state index in [1.54, 1.807) is 6.21 Å². The highest BCUT2D eigenvalue weighted by molar-refractivity contribution is 9.10. The van der Waals surface area contributed by atoms with Crippen LogP contribution in [0.2, 0.25) is 0 Å². The molecular formula is C20H17BrN4O3. The lowest BCUT2D eigenvalue weighted by molar-refractivity contribution is -0.384. The number of amides is 1. The largest absolute Gasteiger partial charge is 0.318 e. The molecule has 3 rings (SSSR count). The van der Waals surface area contributed by atoms with Gasteiger partial charge in [0.2, 0.25) is 0 Å². The van der Waals surface area contributed by atoms with E-state index in [0.29, 0.717) is 5.56 Å². The normalized spacial score (nSPS) is 11.0. The summed E-state index contributed by atoms with van der Waals surface area (Å²) in [4.78, 5) is 22.3. The standard InChI is InChI=1S/C20H17BrN4O3/c1-13-11-16(14(2)24(13)18-9-5-17(21)6-10-18)12-22-23-20(26)15-3-7-19(8-4-15)25(27)28/h3-12H,1-2H3,(H,23,26)/b22-12-. The third-order valence-corrected chi connectivity index (χ3v) is 4.79. The number of hydrogen-bond acceptors (Lipinski definition) is 4. The Labute approximate surface area is 170 Å². The van der Waals surface area contributed by atoms with Crippen LogP contribution in [0.4, 0.5) is 5.69 Å². The number of non-ortho nitro benzene ring substituents is 1. The first-order valence-electron chi connectivity index (χ1n) is 8.39. The fraction of sp³-hybridized carbons (Fsp3) is 0.100. The molecule has 7 nitrogen and oxygen atoms in total. The molecule has 1 N–H and O–H groups in total. The van der Waals surface area contributed by atoms with E-state index in [0.717, 1.165) is 27.1 Å². The average Bonchev–Trinajstić information content (AvgIpc) is 2.96. The topological polar surface area (TPSA) is 89.5 Å². The van der Waals surface area contributed by atoms with Gasteiger partial charge in [-0.15, -0.1) is 0 Å². The van der Waals surface area contributed by atoms with Gasteiger partial charge in [0.1, 0.15) is 0 Å². The lowest BCUT2D eigenvalue weighted by Gasteiger charge is -2.09. The van der Waals surface area contributed by atoms with Crippen LogP contribution in [0.15, 0.2) is 64.2 Å². The van der Waals surface area contributed by atoms with Crippen molar-refractivity contribution in [2.24, 2.45) is 5.10 Å². The van der Waals surface area contributed by atoms with Crippen LogP contribution >= 0.6 is 15.9 Å². The molecule has 0 spiro atoms. The Morgan fingerprint density at radius 1 is 1.14 bits per heavy atom. The van der Waals surface area contributed by atoms with Crippen molar-refractivity contribution in [3.8, 4) is 5.69 Å².